The van der Waals surface area contributed by atoms with Crippen LogP contribution in [0.3, 0.4) is 0 Å². The highest BCUT2D eigenvalue weighted by Crippen LogP contribution is 2.23. The van der Waals surface area contributed by atoms with Crippen LogP contribution in [0.25, 0.3) is 0 Å². The van der Waals surface area contributed by atoms with Crippen LogP contribution < -0.4 is 5.32 Å². The molecule has 0 aromatic heterocycles. The molecular formula is C21H23FN2O7S. The molecule has 0 spiro atoms. The maximum atomic E-state index is 13.3. The van der Waals surface area contributed by atoms with E-state index in [2.05, 4.69) is 14.8 Å². The lowest BCUT2D eigenvalue weighted by Crippen LogP contribution is -2.40. The third kappa shape index (κ3) is 5.89. The molecule has 0 unspecified atom stereocenters. The smallest absolute Gasteiger partial charge is 0.339 e. The van der Waals surface area contributed by atoms with Gasteiger partial charge in [0.1, 0.15) is 5.82 Å². The Bertz CT molecular complexity index is 1100. The highest BCUT2D eigenvalue weighted by Gasteiger charge is 2.31. The summed E-state index contributed by atoms with van der Waals surface area (Å²) in [4.78, 5) is 35.9. The summed E-state index contributed by atoms with van der Waals surface area (Å²) in [6.45, 7) is 0.965. The van der Waals surface area contributed by atoms with Crippen molar-refractivity contribution in [1.82, 2.24) is 9.62 Å². The van der Waals surface area contributed by atoms with E-state index >= 15 is 0 Å². The van der Waals surface area contributed by atoms with Gasteiger partial charge in [-0.2, -0.15) is 4.31 Å². The number of esters is 2. The Kier molecular flexibility index (Phi) is 8.44. The molecule has 1 amide bonds. The van der Waals surface area contributed by atoms with E-state index in [1.165, 1.54) is 37.3 Å². The molecule has 0 aliphatic heterocycles. The van der Waals surface area contributed by atoms with Crippen molar-refractivity contribution in [3.8, 4) is 0 Å². The van der Waals surface area contributed by atoms with Gasteiger partial charge < -0.3 is 14.8 Å². The van der Waals surface area contributed by atoms with Crippen molar-refractivity contribution in [2.75, 3.05) is 27.3 Å². The molecule has 0 aliphatic carbocycles. The number of nitrogens with zero attached hydrogens (tertiary/aromatic N) is 1. The highest BCUT2D eigenvalue weighted by molar-refractivity contribution is 7.89. The van der Waals surface area contributed by atoms with Crippen LogP contribution in [0.1, 0.15) is 33.2 Å². The fourth-order valence-electron chi connectivity index (χ4n) is 2.78. The molecule has 0 aliphatic rings. The van der Waals surface area contributed by atoms with Gasteiger partial charge in [-0.1, -0.05) is 19.1 Å². The first-order chi connectivity index (χ1) is 15.1. The van der Waals surface area contributed by atoms with Crippen LogP contribution >= 0.6 is 0 Å². The summed E-state index contributed by atoms with van der Waals surface area (Å²) in [6.07, 6.45) is 0. The molecule has 2 aromatic carbocycles. The lowest BCUT2D eigenvalue weighted by molar-refractivity contribution is -0.121. The van der Waals surface area contributed by atoms with E-state index in [0.717, 1.165) is 30.7 Å². The number of carbonyl (C=O) groups excluding carboxylic acids is 3. The maximum absolute atomic E-state index is 13.3. The number of methoxy groups -OCH3 is 2. The van der Waals surface area contributed by atoms with Crippen LogP contribution in [-0.4, -0.2) is 57.9 Å². The van der Waals surface area contributed by atoms with Crippen molar-refractivity contribution in [3.63, 3.8) is 0 Å². The molecule has 0 radical (unpaired) electrons. The Morgan fingerprint density at radius 1 is 1.00 bits per heavy atom. The summed E-state index contributed by atoms with van der Waals surface area (Å²) in [5.74, 6) is -2.74. The van der Waals surface area contributed by atoms with Gasteiger partial charge in [-0.3, -0.25) is 4.79 Å². The molecule has 11 heteroatoms. The standard InChI is InChI=1S/C21H23FN2O7S/c1-4-24(13-19(25)23-12-14-5-8-16(22)9-6-14)32(28,29)18-11-15(20(26)30-2)7-10-17(18)21(27)31-3/h5-11H,4,12-13H2,1-3H3,(H,23,25). The Balaban J connectivity index is 2.30. The molecular weight excluding hydrogens is 443 g/mol. The second-order valence-electron chi connectivity index (χ2n) is 6.53. The van der Waals surface area contributed by atoms with Gasteiger partial charge in [0.2, 0.25) is 15.9 Å². The molecule has 2 rings (SSSR count). The molecule has 0 saturated carbocycles. The molecule has 9 nitrogen and oxygen atoms in total. The number of hydrogen-bond acceptors (Lipinski definition) is 7. The minimum Gasteiger partial charge on any atom is -0.465 e. The van der Waals surface area contributed by atoms with Crippen LogP contribution in [0.4, 0.5) is 4.39 Å². The summed E-state index contributed by atoms with van der Waals surface area (Å²) in [5, 5.41) is 2.56. The van der Waals surface area contributed by atoms with E-state index in [9.17, 15) is 27.2 Å². The topological polar surface area (TPSA) is 119 Å². The fourth-order valence-corrected chi connectivity index (χ4v) is 4.39. The van der Waals surface area contributed by atoms with Crippen molar-refractivity contribution >= 4 is 27.9 Å². The van der Waals surface area contributed by atoms with E-state index in [-0.39, 0.29) is 24.2 Å². The number of rotatable bonds is 9. The van der Waals surface area contributed by atoms with Crippen LogP contribution in [0.5, 0.6) is 0 Å². The first-order valence-corrected chi connectivity index (χ1v) is 10.9. The Labute approximate surface area is 185 Å². The molecule has 0 saturated heterocycles. The van der Waals surface area contributed by atoms with E-state index in [0.29, 0.717) is 5.56 Å². The van der Waals surface area contributed by atoms with Gasteiger partial charge in [0.15, 0.2) is 0 Å². The predicted octanol–water partition coefficient (Wildman–Crippen LogP) is 1.73. The van der Waals surface area contributed by atoms with E-state index in [4.69, 9.17) is 0 Å². The summed E-state index contributed by atoms with van der Waals surface area (Å²) >= 11 is 0. The number of ether oxygens (including phenoxy) is 2. The Morgan fingerprint density at radius 3 is 2.19 bits per heavy atom. The molecule has 32 heavy (non-hydrogen) atoms. The molecule has 0 heterocycles. The SMILES string of the molecule is CCN(CC(=O)NCc1ccc(F)cc1)S(=O)(=O)c1cc(C(=O)OC)ccc1C(=O)OC. The van der Waals surface area contributed by atoms with Crippen LogP contribution in [0.2, 0.25) is 0 Å². The molecule has 0 fully saturated rings. The first-order valence-electron chi connectivity index (χ1n) is 9.46. The number of halogens is 1. The summed E-state index contributed by atoms with van der Waals surface area (Å²) in [6, 6.07) is 8.86. The molecule has 0 atom stereocenters. The number of nitrogens with one attached hydrogen (secondary N) is 1. The molecule has 1 N–H and O–H groups in total. The van der Waals surface area contributed by atoms with Crippen molar-refractivity contribution in [2.24, 2.45) is 0 Å². The van der Waals surface area contributed by atoms with Crippen molar-refractivity contribution in [3.05, 3.63) is 65.0 Å². The third-order valence-corrected chi connectivity index (χ3v) is 6.46. The van der Waals surface area contributed by atoms with Gasteiger partial charge in [0.05, 0.1) is 36.8 Å². The number of likely N-dealkylation sites (N-methyl/N-ethyl adjacent to an activating group) is 1. The fraction of sp³-hybridized carbons (Fsp3) is 0.286. The number of amides is 1. The molecule has 2 aromatic rings. The van der Waals surface area contributed by atoms with Gasteiger partial charge in [-0.15, -0.1) is 0 Å². The number of benzene rings is 2. The number of hydrogen-bond donors (Lipinski definition) is 1. The van der Waals surface area contributed by atoms with Crippen LogP contribution in [0, 0.1) is 5.82 Å². The summed E-state index contributed by atoms with van der Waals surface area (Å²) in [7, 11) is -2.15. The maximum Gasteiger partial charge on any atom is 0.339 e. The van der Waals surface area contributed by atoms with Gasteiger partial charge in [0, 0.05) is 13.1 Å². The van der Waals surface area contributed by atoms with Gasteiger partial charge in [-0.05, 0) is 35.9 Å². The van der Waals surface area contributed by atoms with E-state index < -0.39 is 45.1 Å². The van der Waals surface area contributed by atoms with E-state index in [1.807, 2.05) is 0 Å². The average molecular weight is 466 g/mol. The monoisotopic (exact) mass is 466 g/mol. The van der Waals surface area contributed by atoms with Crippen molar-refractivity contribution < 1.29 is 36.7 Å². The lowest BCUT2D eigenvalue weighted by Gasteiger charge is -2.21. The minimum absolute atomic E-state index is 0.0714. The summed E-state index contributed by atoms with van der Waals surface area (Å²) in [5.41, 5.74) is 0.255. The zero-order valence-electron chi connectivity index (χ0n) is 17.8. The normalized spacial score (nSPS) is 11.2. The lowest BCUT2D eigenvalue weighted by atomic mass is 10.1. The minimum atomic E-state index is -4.37. The third-order valence-electron chi connectivity index (χ3n) is 4.50. The second kappa shape index (κ2) is 10.8. The van der Waals surface area contributed by atoms with Gasteiger partial charge in [-0.25, -0.2) is 22.4 Å². The number of sulfonamides is 1. The first kappa shape index (κ1) is 25.0. The Hall–Kier alpha value is -3.31. The highest BCUT2D eigenvalue weighted by atomic mass is 32.2. The second-order valence-corrected chi connectivity index (χ2v) is 8.43. The zero-order valence-corrected chi connectivity index (χ0v) is 18.6. The number of carbonyl (C=O) groups is 3. The zero-order chi connectivity index (χ0) is 23.9. The van der Waals surface area contributed by atoms with Crippen molar-refractivity contribution in [2.45, 2.75) is 18.4 Å². The summed E-state index contributed by atoms with van der Waals surface area (Å²) < 4.78 is 49.6. The van der Waals surface area contributed by atoms with Crippen LogP contribution in [-0.2, 0) is 30.8 Å². The Morgan fingerprint density at radius 2 is 1.62 bits per heavy atom. The quantitative estimate of drug-likeness (QED) is 0.559. The predicted molar refractivity (Wildman–Crippen MR) is 112 cm³/mol. The average Bonchev–Trinajstić information content (AvgIpc) is 2.80. The van der Waals surface area contributed by atoms with Gasteiger partial charge in [0.25, 0.3) is 0 Å². The molecule has 0 bridgehead atoms. The van der Waals surface area contributed by atoms with Crippen molar-refractivity contribution in [1.29, 1.82) is 0 Å². The largest absolute Gasteiger partial charge is 0.465 e. The molecule has 172 valence electrons. The van der Waals surface area contributed by atoms with Gasteiger partial charge >= 0.3 is 11.9 Å². The van der Waals surface area contributed by atoms with E-state index in [1.54, 1.807) is 0 Å². The van der Waals surface area contributed by atoms with Crippen LogP contribution in [0.15, 0.2) is 47.4 Å².